The van der Waals surface area contributed by atoms with Gasteiger partial charge in [-0.25, -0.2) is 4.79 Å². The van der Waals surface area contributed by atoms with Crippen LogP contribution in [0.25, 0.3) is 0 Å². The molecule has 0 atom stereocenters. The summed E-state index contributed by atoms with van der Waals surface area (Å²) in [4.78, 5) is 11.7. The molecule has 3 N–H and O–H groups in total. The molecule has 0 spiro atoms. The van der Waals surface area contributed by atoms with Crippen LogP contribution in [0.1, 0.15) is 31.1 Å². The van der Waals surface area contributed by atoms with Crippen LogP contribution in [0, 0.1) is 0 Å². The Morgan fingerprint density at radius 2 is 1.89 bits per heavy atom. The number of rotatable bonds is 5. The summed E-state index contributed by atoms with van der Waals surface area (Å²) in [5.74, 6) is -0.323. The van der Waals surface area contributed by atoms with E-state index in [1.807, 2.05) is 20.8 Å². The summed E-state index contributed by atoms with van der Waals surface area (Å²) in [5.41, 5.74) is 6.49. The number of likely N-dealkylation sites (N-methyl/N-ethyl adjacent to an activating group) is 1. The zero-order valence-electron chi connectivity index (χ0n) is 11.0. The molecule has 0 radical (unpaired) electrons. The predicted octanol–water partition coefficient (Wildman–Crippen LogP) is 2.24. The Bertz CT molecular complexity index is 377. The molecule has 1 aromatic rings. The highest BCUT2D eigenvalue weighted by Crippen LogP contribution is 2.09. The molecule has 0 aromatic heterocycles. The quantitative estimate of drug-likeness (QED) is 0.637. The van der Waals surface area contributed by atoms with Crippen molar-refractivity contribution >= 4 is 24.1 Å². The van der Waals surface area contributed by atoms with Crippen LogP contribution in [-0.2, 0) is 4.74 Å². The Balaban J connectivity index is 0.00000289. The number of ether oxygens (including phenoxy) is 1. The number of esters is 1. The Morgan fingerprint density at radius 3 is 2.39 bits per heavy atom. The van der Waals surface area contributed by atoms with Gasteiger partial charge in [0.25, 0.3) is 0 Å². The molecule has 0 aliphatic rings. The van der Waals surface area contributed by atoms with Crippen molar-refractivity contribution in [3.05, 3.63) is 29.8 Å². The van der Waals surface area contributed by atoms with E-state index in [0.717, 1.165) is 6.54 Å². The Labute approximate surface area is 114 Å². The minimum absolute atomic E-state index is 0. The first kappa shape index (κ1) is 16.7. The number of nitrogens with two attached hydrogens (primary N) is 1. The van der Waals surface area contributed by atoms with Gasteiger partial charge in [-0.05, 0) is 44.7 Å². The highest BCUT2D eigenvalue weighted by Gasteiger charge is 2.19. The molecule has 0 heterocycles. The van der Waals surface area contributed by atoms with E-state index >= 15 is 0 Å². The first-order valence-electron chi connectivity index (χ1n) is 5.72. The van der Waals surface area contributed by atoms with Gasteiger partial charge in [-0.1, -0.05) is 6.92 Å². The normalized spacial score (nSPS) is 10.6. The summed E-state index contributed by atoms with van der Waals surface area (Å²) in [6.45, 7) is 7.18. The number of hydrogen-bond acceptors (Lipinski definition) is 4. The lowest BCUT2D eigenvalue weighted by molar-refractivity contribution is 0.0402. The van der Waals surface area contributed by atoms with E-state index in [0.29, 0.717) is 17.9 Å². The molecule has 4 nitrogen and oxygen atoms in total. The van der Waals surface area contributed by atoms with E-state index in [2.05, 4.69) is 5.32 Å². The maximum absolute atomic E-state index is 11.7. The fourth-order valence-corrected chi connectivity index (χ4v) is 1.48. The molecule has 102 valence electrons. The zero-order valence-corrected chi connectivity index (χ0v) is 11.8. The molecule has 18 heavy (non-hydrogen) atoms. The van der Waals surface area contributed by atoms with Gasteiger partial charge >= 0.3 is 5.97 Å². The molecule has 0 aliphatic carbocycles. The number of anilines is 1. The standard InChI is InChI=1S/C13H20N2O2.ClH/c1-4-15-13(2,3)9-17-12(16)10-5-7-11(14)8-6-10;/h5-8,15H,4,9,14H2,1-3H3;1H. The third-order valence-corrected chi connectivity index (χ3v) is 2.37. The molecule has 1 aromatic carbocycles. The van der Waals surface area contributed by atoms with Gasteiger partial charge in [0.1, 0.15) is 6.61 Å². The average molecular weight is 273 g/mol. The lowest BCUT2D eigenvalue weighted by atomic mass is 10.1. The first-order valence-corrected chi connectivity index (χ1v) is 5.72. The molecule has 0 fully saturated rings. The molecular formula is C13H21ClN2O2. The molecular weight excluding hydrogens is 252 g/mol. The SMILES string of the molecule is CCNC(C)(C)COC(=O)c1ccc(N)cc1.Cl. The largest absolute Gasteiger partial charge is 0.460 e. The maximum atomic E-state index is 11.7. The highest BCUT2D eigenvalue weighted by atomic mass is 35.5. The molecule has 0 saturated carbocycles. The third kappa shape index (κ3) is 5.38. The Kier molecular flexibility index (Phi) is 6.73. The Morgan fingerprint density at radius 1 is 1.33 bits per heavy atom. The van der Waals surface area contributed by atoms with E-state index < -0.39 is 0 Å². The number of hydrogen-bond donors (Lipinski definition) is 2. The van der Waals surface area contributed by atoms with E-state index in [9.17, 15) is 4.79 Å². The van der Waals surface area contributed by atoms with Crippen LogP contribution in [0.2, 0.25) is 0 Å². The highest BCUT2D eigenvalue weighted by molar-refractivity contribution is 5.89. The van der Waals surface area contributed by atoms with Crippen molar-refractivity contribution in [2.45, 2.75) is 26.3 Å². The molecule has 5 heteroatoms. The number of carbonyl (C=O) groups excluding carboxylic acids is 1. The van der Waals surface area contributed by atoms with Gasteiger partial charge in [-0.3, -0.25) is 0 Å². The number of halogens is 1. The van der Waals surface area contributed by atoms with Crippen molar-refractivity contribution in [1.29, 1.82) is 0 Å². The molecule has 0 unspecified atom stereocenters. The summed E-state index contributed by atoms with van der Waals surface area (Å²) in [5, 5.41) is 3.24. The summed E-state index contributed by atoms with van der Waals surface area (Å²) in [6, 6.07) is 6.70. The van der Waals surface area contributed by atoms with Gasteiger partial charge in [-0.15, -0.1) is 12.4 Å². The van der Waals surface area contributed by atoms with Crippen LogP contribution in [0.4, 0.5) is 5.69 Å². The molecule has 0 bridgehead atoms. The fourth-order valence-electron chi connectivity index (χ4n) is 1.48. The van der Waals surface area contributed by atoms with Crippen molar-refractivity contribution in [1.82, 2.24) is 5.32 Å². The van der Waals surface area contributed by atoms with Crippen molar-refractivity contribution in [3.8, 4) is 0 Å². The van der Waals surface area contributed by atoms with Crippen LogP contribution < -0.4 is 11.1 Å². The van der Waals surface area contributed by atoms with Crippen molar-refractivity contribution in [2.75, 3.05) is 18.9 Å². The maximum Gasteiger partial charge on any atom is 0.338 e. The summed E-state index contributed by atoms with van der Waals surface area (Å²) in [6.07, 6.45) is 0. The molecule has 0 saturated heterocycles. The second-order valence-electron chi connectivity index (χ2n) is 4.61. The van der Waals surface area contributed by atoms with Crippen molar-refractivity contribution in [3.63, 3.8) is 0 Å². The van der Waals surface area contributed by atoms with Gasteiger partial charge in [0.15, 0.2) is 0 Å². The van der Waals surface area contributed by atoms with Gasteiger partial charge in [0.05, 0.1) is 5.56 Å². The monoisotopic (exact) mass is 272 g/mol. The molecule has 1 rings (SSSR count). The van der Waals surface area contributed by atoms with Crippen LogP contribution in [0.3, 0.4) is 0 Å². The smallest absolute Gasteiger partial charge is 0.338 e. The topological polar surface area (TPSA) is 64.3 Å². The number of benzene rings is 1. The average Bonchev–Trinajstić information content (AvgIpc) is 2.27. The van der Waals surface area contributed by atoms with Gasteiger partial charge in [0.2, 0.25) is 0 Å². The van der Waals surface area contributed by atoms with E-state index in [1.165, 1.54) is 0 Å². The first-order chi connectivity index (χ1) is 7.94. The predicted molar refractivity (Wildman–Crippen MR) is 76.1 cm³/mol. The fraction of sp³-hybridized carbons (Fsp3) is 0.462. The summed E-state index contributed by atoms with van der Waals surface area (Å²) >= 11 is 0. The van der Waals surface area contributed by atoms with Crippen LogP contribution >= 0.6 is 12.4 Å². The zero-order chi connectivity index (χ0) is 12.9. The van der Waals surface area contributed by atoms with Crippen molar-refractivity contribution < 1.29 is 9.53 Å². The number of nitrogen functional groups attached to an aromatic ring is 1. The third-order valence-electron chi connectivity index (χ3n) is 2.37. The van der Waals surface area contributed by atoms with Gasteiger partial charge < -0.3 is 15.8 Å². The molecule has 0 aliphatic heterocycles. The van der Waals surface area contributed by atoms with Crippen LogP contribution in [0.5, 0.6) is 0 Å². The second kappa shape index (κ2) is 7.24. The van der Waals surface area contributed by atoms with Crippen molar-refractivity contribution in [2.24, 2.45) is 0 Å². The lowest BCUT2D eigenvalue weighted by Crippen LogP contribution is -2.43. The summed E-state index contributed by atoms with van der Waals surface area (Å²) in [7, 11) is 0. The second-order valence-corrected chi connectivity index (χ2v) is 4.61. The van der Waals surface area contributed by atoms with Crippen LogP contribution in [-0.4, -0.2) is 24.7 Å². The van der Waals surface area contributed by atoms with Crippen LogP contribution in [0.15, 0.2) is 24.3 Å². The minimum Gasteiger partial charge on any atom is -0.460 e. The lowest BCUT2D eigenvalue weighted by Gasteiger charge is -2.25. The van der Waals surface area contributed by atoms with Gasteiger partial charge in [-0.2, -0.15) is 0 Å². The minimum atomic E-state index is -0.323. The van der Waals surface area contributed by atoms with E-state index in [4.69, 9.17) is 10.5 Å². The van der Waals surface area contributed by atoms with Gasteiger partial charge in [0, 0.05) is 11.2 Å². The van der Waals surface area contributed by atoms with E-state index in [1.54, 1.807) is 24.3 Å². The number of nitrogens with one attached hydrogen (secondary N) is 1. The number of carbonyl (C=O) groups is 1. The molecule has 0 amide bonds. The summed E-state index contributed by atoms with van der Waals surface area (Å²) < 4.78 is 5.24. The van der Waals surface area contributed by atoms with E-state index in [-0.39, 0.29) is 23.9 Å². The Hall–Kier alpha value is -1.26.